The third-order valence-corrected chi connectivity index (χ3v) is 3.60. The molecule has 0 spiro atoms. The summed E-state index contributed by atoms with van der Waals surface area (Å²) in [7, 11) is 1.58. The van der Waals surface area contributed by atoms with Gasteiger partial charge in [0.15, 0.2) is 0 Å². The Balaban J connectivity index is 2.26. The molecule has 1 atom stereocenters. The quantitative estimate of drug-likeness (QED) is 0.907. The number of nitrogens with zero attached hydrogens (tertiary/aromatic N) is 1. The summed E-state index contributed by atoms with van der Waals surface area (Å²) in [5.41, 5.74) is 1.03. The van der Waals surface area contributed by atoms with Crippen molar-refractivity contribution in [1.29, 1.82) is 0 Å². The molecule has 6 heteroatoms. The van der Waals surface area contributed by atoms with Gasteiger partial charge in [0.05, 0.1) is 17.9 Å². The van der Waals surface area contributed by atoms with Crippen LogP contribution in [0.25, 0.3) is 0 Å². The minimum atomic E-state index is -0.231. The first kappa shape index (κ1) is 15.8. The van der Waals surface area contributed by atoms with Crippen molar-refractivity contribution in [1.82, 2.24) is 5.32 Å². The number of ether oxygens (including phenoxy) is 1. The summed E-state index contributed by atoms with van der Waals surface area (Å²) < 4.78 is 5.01. The standard InChI is InChI=1S/C15H19ClN2O3/c1-10(9-21-2)17-15(20)12-6-5-11(16)8-13(12)18-7-3-4-14(18)19/h5-6,8,10H,3-4,7,9H2,1-2H3,(H,17,20). The van der Waals surface area contributed by atoms with Gasteiger partial charge in [-0.1, -0.05) is 11.6 Å². The molecule has 1 N–H and O–H groups in total. The molecule has 1 heterocycles. The second kappa shape index (κ2) is 6.91. The van der Waals surface area contributed by atoms with Crippen molar-refractivity contribution in [3.63, 3.8) is 0 Å². The van der Waals surface area contributed by atoms with Gasteiger partial charge < -0.3 is 15.0 Å². The maximum atomic E-state index is 12.4. The summed E-state index contributed by atoms with van der Waals surface area (Å²) in [5.74, 6) is -0.206. The van der Waals surface area contributed by atoms with Crippen LogP contribution in [0.3, 0.4) is 0 Å². The highest BCUT2D eigenvalue weighted by Gasteiger charge is 2.26. The zero-order valence-electron chi connectivity index (χ0n) is 12.2. The van der Waals surface area contributed by atoms with E-state index in [9.17, 15) is 9.59 Å². The molecule has 0 aromatic heterocycles. The van der Waals surface area contributed by atoms with Crippen LogP contribution in [0, 0.1) is 0 Å². The highest BCUT2D eigenvalue weighted by atomic mass is 35.5. The first-order valence-electron chi connectivity index (χ1n) is 6.92. The number of anilines is 1. The molecule has 1 aromatic rings. The Morgan fingerprint density at radius 1 is 1.52 bits per heavy atom. The number of methoxy groups -OCH3 is 1. The molecule has 1 saturated heterocycles. The Morgan fingerprint density at radius 3 is 2.90 bits per heavy atom. The Morgan fingerprint density at radius 2 is 2.29 bits per heavy atom. The molecular weight excluding hydrogens is 292 g/mol. The minimum absolute atomic E-state index is 0.0243. The van der Waals surface area contributed by atoms with Crippen molar-refractivity contribution in [2.24, 2.45) is 0 Å². The van der Waals surface area contributed by atoms with Crippen molar-refractivity contribution in [2.45, 2.75) is 25.8 Å². The zero-order chi connectivity index (χ0) is 15.4. The van der Waals surface area contributed by atoms with Gasteiger partial charge in [0.25, 0.3) is 5.91 Å². The van der Waals surface area contributed by atoms with Gasteiger partial charge in [0.1, 0.15) is 0 Å². The fourth-order valence-electron chi connectivity index (χ4n) is 2.42. The van der Waals surface area contributed by atoms with E-state index in [1.54, 1.807) is 30.2 Å². The molecule has 1 aliphatic heterocycles. The number of nitrogens with one attached hydrogen (secondary N) is 1. The van der Waals surface area contributed by atoms with Gasteiger partial charge in [-0.15, -0.1) is 0 Å². The van der Waals surface area contributed by atoms with Crippen LogP contribution in [0.1, 0.15) is 30.1 Å². The molecule has 5 nitrogen and oxygen atoms in total. The third-order valence-electron chi connectivity index (χ3n) is 3.36. The van der Waals surface area contributed by atoms with Gasteiger partial charge in [-0.2, -0.15) is 0 Å². The highest BCUT2D eigenvalue weighted by Crippen LogP contribution is 2.28. The van der Waals surface area contributed by atoms with E-state index in [0.29, 0.717) is 35.8 Å². The lowest BCUT2D eigenvalue weighted by Gasteiger charge is -2.21. The molecule has 21 heavy (non-hydrogen) atoms. The molecule has 0 aliphatic carbocycles. The summed E-state index contributed by atoms with van der Waals surface area (Å²) >= 11 is 6.01. The Kier molecular flexibility index (Phi) is 5.20. The lowest BCUT2D eigenvalue weighted by molar-refractivity contribution is -0.117. The maximum absolute atomic E-state index is 12.4. The molecule has 2 rings (SSSR count). The average molecular weight is 311 g/mol. The summed E-state index contributed by atoms with van der Waals surface area (Å²) in [6, 6.07) is 4.86. The van der Waals surface area contributed by atoms with Crippen molar-refractivity contribution in [3.8, 4) is 0 Å². The Labute approximate surface area is 129 Å². The van der Waals surface area contributed by atoms with E-state index in [4.69, 9.17) is 16.3 Å². The van der Waals surface area contributed by atoms with Crippen LogP contribution in [0.15, 0.2) is 18.2 Å². The van der Waals surface area contributed by atoms with E-state index in [2.05, 4.69) is 5.32 Å². The predicted molar refractivity (Wildman–Crippen MR) is 81.8 cm³/mol. The van der Waals surface area contributed by atoms with E-state index < -0.39 is 0 Å². The third kappa shape index (κ3) is 3.74. The lowest BCUT2D eigenvalue weighted by Crippen LogP contribution is -2.37. The molecule has 0 radical (unpaired) electrons. The maximum Gasteiger partial charge on any atom is 0.253 e. The van der Waals surface area contributed by atoms with Crippen molar-refractivity contribution < 1.29 is 14.3 Å². The fraction of sp³-hybridized carbons (Fsp3) is 0.467. The normalized spacial score (nSPS) is 16.1. The fourth-order valence-corrected chi connectivity index (χ4v) is 2.58. The Bertz CT molecular complexity index is 548. The minimum Gasteiger partial charge on any atom is -0.383 e. The smallest absolute Gasteiger partial charge is 0.253 e. The van der Waals surface area contributed by atoms with E-state index in [1.165, 1.54) is 0 Å². The average Bonchev–Trinajstić information content (AvgIpc) is 2.84. The number of hydrogen-bond acceptors (Lipinski definition) is 3. The van der Waals surface area contributed by atoms with Crippen molar-refractivity contribution in [3.05, 3.63) is 28.8 Å². The van der Waals surface area contributed by atoms with E-state index >= 15 is 0 Å². The number of amides is 2. The second-order valence-electron chi connectivity index (χ2n) is 5.14. The van der Waals surface area contributed by atoms with Gasteiger partial charge in [-0.25, -0.2) is 0 Å². The van der Waals surface area contributed by atoms with Crippen LogP contribution >= 0.6 is 11.6 Å². The van der Waals surface area contributed by atoms with Crippen LogP contribution in [0.4, 0.5) is 5.69 Å². The first-order valence-corrected chi connectivity index (χ1v) is 7.30. The topological polar surface area (TPSA) is 58.6 Å². The SMILES string of the molecule is COCC(C)NC(=O)c1ccc(Cl)cc1N1CCCC1=O. The molecule has 1 fully saturated rings. The number of halogens is 1. The number of rotatable bonds is 5. The largest absolute Gasteiger partial charge is 0.383 e. The molecule has 1 aromatic carbocycles. The number of carbonyl (C=O) groups is 2. The monoisotopic (exact) mass is 310 g/mol. The molecule has 2 amide bonds. The van der Waals surface area contributed by atoms with Gasteiger partial charge in [-0.05, 0) is 31.5 Å². The lowest BCUT2D eigenvalue weighted by atomic mass is 10.1. The number of hydrogen-bond donors (Lipinski definition) is 1. The first-order chi connectivity index (χ1) is 10.0. The molecular formula is C15H19ClN2O3. The van der Waals surface area contributed by atoms with Gasteiger partial charge in [0.2, 0.25) is 5.91 Å². The second-order valence-corrected chi connectivity index (χ2v) is 5.58. The van der Waals surface area contributed by atoms with Crippen molar-refractivity contribution >= 4 is 29.1 Å². The predicted octanol–water partition coefficient (Wildman–Crippen LogP) is 2.23. The van der Waals surface area contributed by atoms with Crippen molar-refractivity contribution in [2.75, 3.05) is 25.2 Å². The highest BCUT2D eigenvalue weighted by molar-refractivity contribution is 6.31. The molecule has 0 bridgehead atoms. The van der Waals surface area contributed by atoms with Gasteiger partial charge in [0, 0.05) is 31.1 Å². The van der Waals surface area contributed by atoms with Crippen LogP contribution in [-0.4, -0.2) is 38.1 Å². The number of carbonyl (C=O) groups excluding carboxylic acids is 2. The molecule has 0 saturated carbocycles. The van der Waals surface area contributed by atoms with E-state index in [1.807, 2.05) is 6.92 Å². The van der Waals surface area contributed by atoms with Crippen LogP contribution in [0.2, 0.25) is 5.02 Å². The van der Waals surface area contributed by atoms with Gasteiger partial charge in [-0.3, -0.25) is 9.59 Å². The number of benzene rings is 1. The molecule has 1 unspecified atom stereocenters. The summed E-state index contributed by atoms with van der Waals surface area (Å²) in [5, 5.41) is 3.36. The summed E-state index contributed by atoms with van der Waals surface area (Å²) in [6.45, 7) is 2.91. The zero-order valence-corrected chi connectivity index (χ0v) is 12.9. The van der Waals surface area contributed by atoms with Gasteiger partial charge >= 0.3 is 0 Å². The van der Waals surface area contributed by atoms with Crippen LogP contribution in [-0.2, 0) is 9.53 Å². The molecule has 114 valence electrons. The summed E-state index contributed by atoms with van der Waals surface area (Å²) in [4.78, 5) is 25.9. The molecule has 1 aliphatic rings. The van der Waals surface area contributed by atoms with Crippen LogP contribution < -0.4 is 10.2 Å². The summed E-state index contributed by atoms with van der Waals surface area (Å²) in [6.07, 6.45) is 1.31. The Hall–Kier alpha value is -1.59. The van der Waals surface area contributed by atoms with E-state index in [-0.39, 0.29) is 17.9 Å². The van der Waals surface area contributed by atoms with E-state index in [0.717, 1.165) is 6.42 Å². The van der Waals surface area contributed by atoms with Crippen LogP contribution in [0.5, 0.6) is 0 Å².